The minimum absolute atomic E-state index is 0.0568. The van der Waals surface area contributed by atoms with E-state index in [4.69, 9.17) is 14.1 Å². The summed E-state index contributed by atoms with van der Waals surface area (Å²) in [5.41, 5.74) is 0.114. The van der Waals surface area contributed by atoms with Crippen LogP contribution in [0.25, 0.3) is 11.7 Å². The van der Waals surface area contributed by atoms with Crippen LogP contribution in [0.5, 0.6) is 0 Å². The summed E-state index contributed by atoms with van der Waals surface area (Å²) in [4.78, 5) is 32.6. The molecule has 3 aromatic heterocycles. The first-order chi connectivity index (χ1) is 15.5. The first kappa shape index (κ1) is 21.3. The molecule has 0 unspecified atom stereocenters. The minimum atomic E-state index is -0.601. The zero-order chi connectivity index (χ0) is 22.7. The number of nitrogens with zero attached hydrogens (tertiary/aromatic N) is 4. The molecule has 9 nitrogen and oxygen atoms in total. The van der Waals surface area contributed by atoms with Gasteiger partial charge < -0.3 is 19.4 Å². The standard InChI is InChI=1S/C23H23N5O4/c1-15-13-27(14-16(2)32-15)21-19(23(30)28-8-4-3-7-20(28)26-21)10-17(11-24)22(29)25-12-18-6-5-9-31-18/h3-10,15-16H,12-14H2,1-2H3,(H,25,29)/b17-10+/t15-,16-/m0/s1. The number of nitrogens with one attached hydrogen (secondary N) is 1. The third kappa shape index (κ3) is 4.40. The highest BCUT2D eigenvalue weighted by Gasteiger charge is 2.27. The topological polar surface area (TPSA) is 113 Å². The molecule has 32 heavy (non-hydrogen) atoms. The summed E-state index contributed by atoms with van der Waals surface area (Å²) in [6, 6.07) is 10.6. The Hall–Kier alpha value is -3.90. The fourth-order valence-corrected chi connectivity index (χ4v) is 3.78. The summed E-state index contributed by atoms with van der Waals surface area (Å²) in [5.74, 6) is 0.381. The molecule has 0 bridgehead atoms. The number of aromatic nitrogens is 2. The van der Waals surface area contributed by atoms with Crippen LogP contribution in [0.2, 0.25) is 0 Å². The summed E-state index contributed by atoms with van der Waals surface area (Å²) >= 11 is 0. The number of morpholine rings is 1. The zero-order valence-electron chi connectivity index (χ0n) is 17.8. The molecule has 4 heterocycles. The molecule has 3 aromatic rings. The maximum absolute atomic E-state index is 13.3. The molecule has 1 amide bonds. The number of hydrogen-bond donors (Lipinski definition) is 1. The van der Waals surface area contributed by atoms with Crippen molar-refractivity contribution in [3.8, 4) is 6.07 Å². The maximum Gasteiger partial charge on any atom is 0.267 e. The molecule has 0 saturated carbocycles. The van der Waals surface area contributed by atoms with Crippen molar-refractivity contribution in [3.63, 3.8) is 0 Å². The quantitative estimate of drug-likeness (QED) is 0.484. The van der Waals surface area contributed by atoms with Gasteiger partial charge in [-0.1, -0.05) is 6.07 Å². The van der Waals surface area contributed by atoms with E-state index in [1.54, 1.807) is 36.5 Å². The van der Waals surface area contributed by atoms with Gasteiger partial charge in [-0.05, 0) is 44.2 Å². The molecule has 0 radical (unpaired) electrons. The van der Waals surface area contributed by atoms with Crippen LogP contribution < -0.4 is 15.8 Å². The van der Waals surface area contributed by atoms with Crippen molar-refractivity contribution in [1.29, 1.82) is 5.26 Å². The van der Waals surface area contributed by atoms with Crippen LogP contribution in [0.15, 0.2) is 57.6 Å². The molecule has 0 aliphatic carbocycles. The highest BCUT2D eigenvalue weighted by molar-refractivity contribution is 6.02. The van der Waals surface area contributed by atoms with E-state index >= 15 is 0 Å². The SMILES string of the molecule is C[C@H]1CN(c2nc3ccccn3c(=O)c2/C=C(\C#N)C(=O)NCc2ccco2)C[C@H](C)O1. The molecule has 9 heteroatoms. The molecule has 0 aromatic carbocycles. The van der Waals surface area contributed by atoms with E-state index in [0.29, 0.717) is 30.3 Å². The van der Waals surface area contributed by atoms with Gasteiger partial charge in [0.05, 0.1) is 30.6 Å². The molecule has 1 saturated heterocycles. The smallest absolute Gasteiger partial charge is 0.267 e. The van der Waals surface area contributed by atoms with Gasteiger partial charge in [0.15, 0.2) is 0 Å². The Morgan fingerprint density at radius 2 is 2.06 bits per heavy atom. The van der Waals surface area contributed by atoms with Crippen molar-refractivity contribution in [3.05, 3.63) is 70.0 Å². The fraction of sp³-hybridized carbons (Fsp3) is 0.304. The van der Waals surface area contributed by atoms with E-state index in [1.807, 2.05) is 24.8 Å². The number of fused-ring (bicyclic) bond motifs is 1. The van der Waals surface area contributed by atoms with Gasteiger partial charge in [0, 0.05) is 19.3 Å². The van der Waals surface area contributed by atoms with Crippen molar-refractivity contribution in [2.75, 3.05) is 18.0 Å². The first-order valence-electron chi connectivity index (χ1n) is 10.3. The molecule has 1 fully saturated rings. The molecule has 2 atom stereocenters. The second-order valence-electron chi connectivity index (χ2n) is 7.68. The Kier molecular flexibility index (Phi) is 6.05. The van der Waals surface area contributed by atoms with E-state index in [1.165, 1.54) is 16.7 Å². The van der Waals surface area contributed by atoms with Gasteiger partial charge >= 0.3 is 0 Å². The summed E-state index contributed by atoms with van der Waals surface area (Å²) < 4.78 is 12.4. The lowest BCUT2D eigenvalue weighted by atomic mass is 10.1. The maximum atomic E-state index is 13.3. The lowest BCUT2D eigenvalue weighted by Crippen LogP contribution is -2.46. The number of rotatable bonds is 5. The van der Waals surface area contributed by atoms with Gasteiger partial charge in [0.25, 0.3) is 11.5 Å². The van der Waals surface area contributed by atoms with Crippen molar-refractivity contribution < 1.29 is 13.9 Å². The zero-order valence-corrected chi connectivity index (χ0v) is 17.8. The van der Waals surface area contributed by atoms with E-state index in [2.05, 4.69) is 5.32 Å². The molecule has 164 valence electrons. The number of ether oxygens (including phenoxy) is 1. The molecule has 1 aliphatic rings. The van der Waals surface area contributed by atoms with Crippen LogP contribution in [-0.4, -0.2) is 40.6 Å². The third-order valence-electron chi connectivity index (χ3n) is 5.13. The number of nitriles is 1. The monoisotopic (exact) mass is 433 g/mol. The summed E-state index contributed by atoms with van der Waals surface area (Å²) in [6.07, 6.45) is 4.31. The molecule has 1 aliphatic heterocycles. The van der Waals surface area contributed by atoms with Crippen LogP contribution in [0.4, 0.5) is 5.82 Å². The van der Waals surface area contributed by atoms with E-state index in [0.717, 1.165) is 0 Å². The number of furan rings is 1. The van der Waals surface area contributed by atoms with Crippen LogP contribution in [0, 0.1) is 11.3 Å². The van der Waals surface area contributed by atoms with Gasteiger partial charge in [0.2, 0.25) is 0 Å². The minimum Gasteiger partial charge on any atom is -0.467 e. The average molecular weight is 433 g/mol. The van der Waals surface area contributed by atoms with E-state index in [-0.39, 0.29) is 35.4 Å². The highest BCUT2D eigenvalue weighted by Crippen LogP contribution is 2.23. The Morgan fingerprint density at radius 3 is 2.75 bits per heavy atom. The number of carbonyl (C=O) groups is 1. The Balaban J connectivity index is 1.77. The number of anilines is 1. The van der Waals surface area contributed by atoms with Crippen molar-refractivity contribution >= 4 is 23.4 Å². The van der Waals surface area contributed by atoms with Gasteiger partial charge in [-0.25, -0.2) is 4.98 Å². The fourth-order valence-electron chi connectivity index (χ4n) is 3.78. The lowest BCUT2D eigenvalue weighted by Gasteiger charge is -2.36. The largest absolute Gasteiger partial charge is 0.467 e. The average Bonchev–Trinajstić information content (AvgIpc) is 3.30. The summed E-state index contributed by atoms with van der Waals surface area (Å²) in [5, 5.41) is 12.3. The Morgan fingerprint density at radius 1 is 1.28 bits per heavy atom. The molecule has 1 N–H and O–H groups in total. The van der Waals surface area contributed by atoms with Crippen LogP contribution in [0.1, 0.15) is 25.2 Å². The van der Waals surface area contributed by atoms with Crippen molar-refractivity contribution in [2.24, 2.45) is 0 Å². The second kappa shape index (κ2) is 9.08. The van der Waals surface area contributed by atoms with Gasteiger partial charge in [-0.2, -0.15) is 5.26 Å². The van der Waals surface area contributed by atoms with E-state index < -0.39 is 5.91 Å². The Bertz CT molecular complexity index is 1250. The molecule has 0 spiro atoms. The van der Waals surface area contributed by atoms with Crippen molar-refractivity contribution in [1.82, 2.24) is 14.7 Å². The van der Waals surface area contributed by atoms with Crippen LogP contribution >= 0.6 is 0 Å². The predicted octanol–water partition coefficient (Wildman–Crippen LogP) is 2.12. The predicted molar refractivity (Wildman–Crippen MR) is 118 cm³/mol. The number of pyridine rings is 1. The lowest BCUT2D eigenvalue weighted by molar-refractivity contribution is -0.117. The number of carbonyl (C=O) groups excluding carboxylic acids is 1. The third-order valence-corrected chi connectivity index (χ3v) is 5.13. The second-order valence-corrected chi connectivity index (χ2v) is 7.68. The Labute approximate surface area is 184 Å². The highest BCUT2D eigenvalue weighted by atomic mass is 16.5. The van der Waals surface area contributed by atoms with Gasteiger partial charge in [-0.15, -0.1) is 0 Å². The molecular formula is C23H23N5O4. The van der Waals surface area contributed by atoms with Crippen LogP contribution in [-0.2, 0) is 16.1 Å². The van der Waals surface area contributed by atoms with Crippen molar-refractivity contribution in [2.45, 2.75) is 32.6 Å². The number of hydrogen-bond acceptors (Lipinski definition) is 7. The van der Waals surface area contributed by atoms with Crippen LogP contribution in [0.3, 0.4) is 0 Å². The van der Waals surface area contributed by atoms with Gasteiger partial charge in [0.1, 0.15) is 28.9 Å². The number of amides is 1. The van der Waals surface area contributed by atoms with Gasteiger partial charge in [-0.3, -0.25) is 14.0 Å². The molecular weight excluding hydrogens is 410 g/mol. The summed E-state index contributed by atoms with van der Waals surface area (Å²) in [6.45, 7) is 5.11. The molecule has 4 rings (SSSR count). The van der Waals surface area contributed by atoms with E-state index in [9.17, 15) is 14.9 Å². The first-order valence-corrected chi connectivity index (χ1v) is 10.3. The normalized spacial score (nSPS) is 19.0. The summed E-state index contributed by atoms with van der Waals surface area (Å²) in [7, 11) is 0.